The van der Waals surface area contributed by atoms with Gasteiger partial charge in [-0.25, -0.2) is 15.2 Å². The van der Waals surface area contributed by atoms with E-state index in [0.29, 0.717) is 6.54 Å². The summed E-state index contributed by atoms with van der Waals surface area (Å²) in [5.41, 5.74) is 9.63. The van der Waals surface area contributed by atoms with Gasteiger partial charge in [-0.2, -0.15) is 0 Å². The Hall–Kier alpha value is -2.48. The van der Waals surface area contributed by atoms with Gasteiger partial charge in [0.05, 0.1) is 6.17 Å². The Bertz CT molecular complexity index is 855. The highest BCUT2D eigenvalue weighted by Crippen LogP contribution is 2.25. The summed E-state index contributed by atoms with van der Waals surface area (Å²) in [6.45, 7) is 3.26. The number of amides is 1. The molecule has 160 valence electrons. The fraction of sp³-hybridized carbons (Fsp3) is 0.435. The maximum absolute atomic E-state index is 13.2. The number of anilines is 1. The van der Waals surface area contributed by atoms with Gasteiger partial charge in [0.1, 0.15) is 5.82 Å². The molecule has 2 N–H and O–H groups in total. The number of nitrogens with one attached hydrogen (secondary N) is 2. The fourth-order valence-corrected chi connectivity index (χ4v) is 4.23. The van der Waals surface area contributed by atoms with Gasteiger partial charge in [0, 0.05) is 57.6 Å². The second-order valence-electron chi connectivity index (χ2n) is 8.27. The summed E-state index contributed by atoms with van der Waals surface area (Å²) in [6, 6.07) is 14.6. The molecule has 7 heteroatoms. The minimum Gasteiger partial charge on any atom is -0.378 e. The van der Waals surface area contributed by atoms with Crippen LogP contribution in [0.4, 0.5) is 10.1 Å². The SMILES string of the molecule is CN(C)c1ccc(C(=O)N2CCCN(C3CC(c4ccc(F)cc4)NN3)CC2)cc1. The first-order chi connectivity index (χ1) is 14.5. The highest BCUT2D eigenvalue weighted by atomic mass is 19.1. The highest BCUT2D eigenvalue weighted by molar-refractivity contribution is 5.94. The third-order valence-corrected chi connectivity index (χ3v) is 6.04. The van der Waals surface area contributed by atoms with Crippen molar-refractivity contribution in [3.05, 3.63) is 65.5 Å². The molecular formula is C23H30FN5O. The van der Waals surface area contributed by atoms with Gasteiger partial charge in [0.15, 0.2) is 0 Å². The van der Waals surface area contributed by atoms with Crippen molar-refractivity contribution in [3.8, 4) is 0 Å². The predicted octanol–water partition coefficient (Wildman–Crippen LogP) is 2.60. The van der Waals surface area contributed by atoms with Crippen LogP contribution in [-0.2, 0) is 0 Å². The van der Waals surface area contributed by atoms with Crippen LogP contribution in [0, 0.1) is 5.82 Å². The first-order valence-corrected chi connectivity index (χ1v) is 10.6. The number of benzene rings is 2. The van der Waals surface area contributed by atoms with E-state index in [1.165, 1.54) is 12.1 Å². The van der Waals surface area contributed by atoms with E-state index in [4.69, 9.17) is 0 Å². The predicted molar refractivity (Wildman–Crippen MR) is 117 cm³/mol. The second-order valence-corrected chi connectivity index (χ2v) is 8.27. The van der Waals surface area contributed by atoms with E-state index in [1.54, 1.807) is 0 Å². The molecule has 6 nitrogen and oxygen atoms in total. The van der Waals surface area contributed by atoms with E-state index >= 15 is 0 Å². The monoisotopic (exact) mass is 411 g/mol. The molecule has 1 amide bonds. The molecule has 2 heterocycles. The number of rotatable bonds is 4. The lowest BCUT2D eigenvalue weighted by Crippen LogP contribution is -2.46. The summed E-state index contributed by atoms with van der Waals surface area (Å²) in [6.07, 6.45) is 2.06. The summed E-state index contributed by atoms with van der Waals surface area (Å²) in [4.78, 5) is 19.4. The zero-order chi connectivity index (χ0) is 21.1. The Labute approximate surface area is 177 Å². The van der Waals surface area contributed by atoms with Gasteiger partial charge in [0.2, 0.25) is 0 Å². The molecule has 2 saturated heterocycles. The fourth-order valence-electron chi connectivity index (χ4n) is 4.23. The molecule has 2 atom stereocenters. The largest absolute Gasteiger partial charge is 0.378 e. The standard InChI is InChI=1S/C23H30FN5O/c1-27(2)20-10-6-18(7-11-20)23(30)29-13-3-12-28(14-15-29)22-16-21(25-26-22)17-4-8-19(24)9-5-17/h4-11,21-22,25-26H,3,12-16H2,1-2H3. The van der Waals surface area contributed by atoms with Crippen LogP contribution < -0.4 is 15.8 Å². The molecule has 0 saturated carbocycles. The molecule has 0 aromatic heterocycles. The molecule has 2 aromatic rings. The summed E-state index contributed by atoms with van der Waals surface area (Å²) in [5.74, 6) is -0.112. The van der Waals surface area contributed by atoms with Crippen molar-refractivity contribution in [2.75, 3.05) is 45.2 Å². The molecular weight excluding hydrogens is 381 g/mol. The van der Waals surface area contributed by atoms with Gasteiger partial charge in [-0.3, -0.25) is 9.69 Å². The molecule has 2 aromatic carbocycles. The Balaban J connectivity index is 1.34. The van der Waals surface area contributed by atoms with Crippen LogP contribution in [0.1, 0.15) is 34.8 Å². The molecule has 2 fully saturated rings. The molecule has 0 bridgehead atoms. The van der Waals surface area contributed by atoms with Gasteiger partial charge >= 0.3 is 0 Å². The third kappa shape index (κ3) is 4.64. The van der Waals surface area contributed by atoms with Crippen molar-refractivity contribution in [3.63, 3.8) is 0 Å². The normalized spacial score (nSPS) is 22.7. The highest BCUT2D eigenvalue weighted by Gasteiger charge is 2.31. The lowest BCUT2D eigenvalue weighted by Gasteiger charge is -2.27. The van der Waals surface area contributed by atoms with Crippen LogP contribution >= 0.6 is 0 Å². The molecule has 0 spiro atoms. The number of carbonyl (C=O) groups is 1. The third-order valence-electron chi connectivity index (χ3n) is 6.04. The van der Waals surface area contributed by atoms with Crippen molar-refractivity contribution >= 4 is 11.6 Å². The van der Waals surface area contributed by atoms with E-state index in [-0.39, 0.29) is 23.9 Å². The van der Waals surface area contributed by atoms with Gasteiger partial charge < -0.3 is 9.80 Å². The van der Waals surface area contributed by atoms with E-state index in [0.717, 1.165) is 49.3 Å². The van der Waals surface area contributed by atoms with Crippen molar-refractivity contribution in [2.24, 2.45) is 0 Å². The van der Waals surface area contributed by atoms with E-state index in [2.05, 4.69) is 15.8 Å². The molecule has 0 radical (unpaired) electrons. The van der Waals surface area contributed by atoms with Gasteiger partial charge in [0.25, 0.3) is 5.91 Å². The minimum absolute atomic E-state index is 0.101. The van der Waals surface area contributed by atoms with E-state index in [9.17, 15) is 9.18 Å². The molecule has 2 aliphatic heterocycles. The zero-order valence-corrected chi connectivity index (χ0v) is 17.6. The van der Waals surface area contributed by atoms with Crippen LogP contribution in [0.3, 0.4) is 0 Å². The van der Waals surface area contributed by atoms with Crippen LogP contribution in [0.25, 0.3) is 0 Å². The average molecular weight is 412 g/mol. The number of nitrogens with zero attached hydrogens (tertiary/aromatic N) is 3. The Morgan fingerprint density at radius 1 is 0.967 bits per heavy atom. The summed E-state index contributed by atoms with van der Waals surface area (Å²) < 4.78 is 13.2. The maximum atomic E-state index is 13.2. The molecule has 2 unspecified atom stereocenters. The van der Waals surface area contributed by atoms with Crippen molar-refractivity contribution in [1.29, 1.82) is 0 Å². The van der Waals surface area contributed by atoms with Crippen molar-refractivity contribution in [1.82, 2.24) is 20.7 Å². The van der Waals surface area contributed by atoms with Gasteiger partial charge in [-0.15, -0.1) is 0 Å². The van der Waals surface area contributed by atoms with E-state index < -0.39 is 0 Å². The maximum Gasteiger partial charge on any atom is 0.253 e. The Morgan fingerprint density at radius 2 is 1.70 bits per heavy atom. The summed E-state index contributed by atoms with van der Waals surface area (Å²) in [7, 11) is 3.99. The van der Waals surface area contributed by atoms with Crippen LogP contribution in [0.5, 0.6) is 0 Å². The van der Waals surface area contributed by atoms with Crippen LogP contribution in [0.15, 0.2) is 48.5 Å². The molecule has 0 aliphatic carbocycles. The number of hydrazine groups is 1. The van der Waals surface area contributed by atoms with Crippen LogP contribution in [0.2, 0.25) is 0 Å². The minimum atomic E-state index is -0.213. The first kappa shape index (κ1) is 20.8. The second kappa shape index (κ2) is 9.12. The molecule has 30 heavy (non-hydrogen) atoms. The Morgan fingerprint density at radius 3 is 2.40 bits per heavy atom. The van der Waals surface area contributed by atoms with Crippen molar-refractivity contribution in [2.45, 2.75) is 25.0 Å². The molecule has 4 rings (SSSR count). The smallest absolute Gasteiger partial charge is 0.253 e. The van der Waals surface area contributed by atoms with E-state index in [1.807, 2.05) is 60.3 Å². The molecule has 2 aliphatic rings. The van der Waals surface area contributed by atoms with Gasteiger partial charge in [-0.05, 0) is 54.8 Å². The topological polar surface area (TPSA) is 50.9 Å². The first-order valence-electron chi connectivity index (χ1n) is 10.6. The Kier molecular flexibility index (Phi) is 6.32. The number of hydrogen-bond donors (Lipinski definition) is 2. The van der Waals surface area contributed by atoms with Gasteiger partial charge in [-0.1, -0.05) is 12.1 Å². The zero-order valence-electron chi connectivity index (χ0n) is 17.6. The van der Waals surface area contributed by atoms with Crippen LogP contribution in [-0.4, -0.2) is 62.1 Å². The average Bonchev–Trinajstić information content (AvgIpc) is 3.12. The number of halogens is 1. The van der Waals surface area contributed by atoms with Crippen molar-refractivity contribution < 1.29 is 9.18 Å². The summed E-state index contributed by atoms with van der Waals surface area (Å²) in [5, 5.41) is 0. The number of hydrogen-bond acceptors (Lipinski definition) is 5. The summed E-state index contributed by atoms with van der Waals surface area (Å²) >= 11 is 0. The lowest BCUT2D eigenvalue weighted by atomic mass is 10.0. The lowest BCUT2D eigenvalue weighted by molar-refractivity contribution is 0.0756. The number of carbonyl (C=O) groups excluding carboxylic acids is 1. The quantitative estimate of drug-likeness (QED) is 0.810.